The van der Waals surface area contributed by atoms with Gasteiger partial charge >= 0.3 is 0 Å². The van der Waals surface area contributed by atoms with Crippen LogP contribution < -0.4 is 10.6 Å². The largest absolute Gasteiger partial charge is 0.376 e. The molecule has 2 saturated heterocycles. The maximum Gasteiger partial charge on any atom is 0.255 e. The van der Waals surface area contributed by atoms with Gasteiger partial charge in [-0.3, -0.25) is 14.5 Å². The number of ether oxygens (including phenoxy) is 1. The number of hydrogen-bond acceptors (Lipinski definition) is 4. The highest BCUT2D eigenvalue weighted by Gasteiger charge is 2.19. The van der Waals surface area contributed by atoms with Gasteiger partial charge in [-0.05, 0) is 74.5 Å². The van der Waals surface area contributed by atoms with E-state index < -0.39 is 0 Å². The van der Waals surface area contributed by atoms with Gasteiger partial charge in [0.15, 0.2) is 0 Å². The minimum atomic E-state index is -0.220. The molecule has 0 bridgehead atoms. The number of para-hydroxylation sites is 1. The summed E-state index contributed by atoms with van der Waals surface area (Å²) in [6.45, 7) is 6.74. The fraction of sp³-hybridized carbons (Fsp3) is 0.462. The van der Waals surface area contributed by atoms with E-state index in [1.54, 1.807) is 18.2 Å². The summed E-state index contributed by atoms with van der Waals surface area (Å²) in [4.78, 5) is 28.0. The third-order valence-corrected chi connectivity index (χ3v) is 6.43. The number of rotatable bonds is 7. The average molecular weight is 436 g/mol. The lowest BCUT2D eigenvalue weighted by atomic mass is 9.99. The Bertz CT molecular complexity index is 914. The van der Waals surface area contributed by atoms with E-state index in [1.807, 2.05) is 30.3 Å². The molecule has 2 heterocycles. The van der Waals surface area contributed by atoms with Gasteiger partial charge in [-0.15, -0.1) is 0 Å². The van der Waals surface area contributed by atoms with Gasteiger partial charge in [0.2, 0.25) is 0 Å². The van der Waals surface area contributed by atoms with E-state index in [9.17, 15) is 9.59 Å². The van der Waals surface area contributed by atoms with Crippen LogP contribution in [0.4, 0.5) is 5.69 Å². The van der Waals surface area contributed by atoms with E-state index in [0.29, 0.717) is 23.4 Å². The first-order chi connectivity index (χ1) is 15.6. The van der Waals surface area contributed by atoms with Crippen LogP contribution in [0, 0.1) is 5.92 Å². The molecule has 2 fully saturated rings. The van der Waals surface area contributed by atoms with Crippen LogP contribution in [0.15, 0.2) is 48.5 Å². The second-order valence-corrected chi connectivity index (χ2v) is 9.00. The van der Waals surface area contributed by atoms with Gasteiger partial charge in [0.1, 0.15) is 0 Å². The maximum atomic E-state index is 12.8. The summed E-state index contributed by atoms with van der Waals surface area (Å²) in [6.07, 6.45) is 4.57. The highest BCUT2D eigenvalue weighted by molar-refractivity contribution is 6.09. The molecule has 4 rings (SSSR count). The third-order valence-electron chi connectivity index (χ3n) is 6.43. The molecule has 32 heavy (non-hydrogen) atoms. The summed E-state index contributed by atoms with van der Waals surface area (Å²) < 4.78 is 5.57. The fourth-order valence-corrected chi connectivity index (χ4v) is 4.33. The van der Waals surface area contributed by atoms with Gasteiger partial charge in [0.25, 0.3) is 11.8 Å². The Hall–Kier alpha value is -2.70. The molecule has 0 unspecified atom stereocenters. The number of hydrogen-bond donors (Lipinski definition) is 2. The topological polar surface area (TPSA) is 70.7 Å². The monoisotopic (exact) mass is 435 g/mol. The van der Waals surface area contributed by atoms with E-state index in [-0.39, 0.29) is 17.9 Å². The van der Waals surface area contributed by atoms with Crippen molar-refractivity contribution in [3.63, 3.8) is 0 Å². The van der Waals surface area contributed by atoms with Gasteiger partial charge in [-0.1, -0.05) is 31.2 Å². The summed E-state index contributed by atoms with van der Waals surface area (Å²) in [5, 5.41) is 5.82. The Kier molecular flexibility index (Phi) is 7.55. The minimum Gasteiger partial charge on any atom is -0.376 e. The molecular weight excluding hydrogens is 402 g/mol. The zero-order valence-corrected chi connectivity index (χ0v) is 18.8. The molecule has 0 aliphatic carbocycles. The molecule has 2 N–H and O–H groups in total. The fourth-order valence-electron chi connectivity index (χ4n) is 4.33. The smallest absolute Gasteiger partial charge is 0.255 e. The molecule has 1 atom stereocenters. The van der Waals surface area contributed by atoms with Crippen LogP contribution >= 0.6 is 0 Å². The second-order valence-electron chi connectivity index (χ2n) is 9.00. The molecule has 2 aromatic carbocycles. The van der Waals surface area contributed by atoms with Crippen LogP contribution in [0.5, 0.6) is 0 Å². The molecule has 0 spiro atoms. The van der Waals surface area contributed by atoms with E-state index in [4.69, 9.17) is 4.74 Å². The van der Waals surface area contributed by atoms with Crippen LogP contribution in [0.3, 0.4) is 0 Å². The number of nitrogens with one attached hydrogen (secondary N) is 2. The molecule has 6 nitrogen and oxygen atoms in total. The van der Waals surface area contributed by atoms with Gasteiger partial charge in [-0.25, -0.2) is 0 Å². The highest BCUT2D eigenvalue weighted by atomic mass is 16.5. The molecular formula is C26H33N3O3. The number of carbonyl (C=O) groups excluding carboxylic acids is 2. The molecule has 2 aliphatic heterocycles. The summed E-state index contributed by atoms with van der Waals surface area (Å²) in [6, 6.07) is 14.9. The number of nitrogens with zero attached hydrogens (tertiary/aromatic N) is 1. The molecule has 6 heteroatoms. The summed E-state index contributed by atoms with van der Waals surface area (Å²) in [7, 11) is 0. The third kappa shape index (κ3) is 5.96. The lowest BCUT2D eigenvalue weighted by molar-refractivity contribution is 0.0858. The van der Waals surface area contributed by atoms with E-state index in [0.717, 1.165) is 45.0 Å². The van der Waals surface area contributed by atoms with Crippen molar-refractivity contribution in [2.45, 2.75) is 45.3 Å². The molecule has 2 amide bonds. The normalized spacial score (nSPS) is 19.6. The van der Waals surface area contributed by atoms with Crippen molar-refractivity contribution in [1.29, 1.82) is 0 Å². The van der Waals surface area contributed by atoms with Crippen LogP contribution in [-0.4, -0.2) is 49.1 Å². The van der Waals surface area contributed by atoms with Gasteiger partial charge in [0, 0.05) is 25.3 Å². The zero-order chi connectivity index (χ0) is 22.3. The van der Waals surface area contributed by atoms with Crippen molar-refractivity contribution in [3.05, 3.63) is 65.2 Å². The predicted octanol–water partition coefficient (Wildman–Crippen LogP) is 4.08. The van der Waals surface area contributed by atoms with Crippen LogP contribution in [0.1, 0.15) is 58.9 Å². The molecule has 0 saturated carbocycles. The summed E-state index contributed by atoms with van der Waals surface area (Å²) in [5.74, 6) is 0.392. The number of anilines is 1. The Morgan fingerprint density at radius 3 is 2.47 bits per heavy atom. The quantitative estimate of drug-likeness (QED) is 0.688. The van der Waals surface area contributed by atoms with Gasteiger partial charge in [0.05, 0.1) is 17.4 Å². The van der Waals surface area contributed by atoms with Crippen LogP contribution in [0.2, 0.25) is 0 Å². The number of benzene rings is 2. The maximum absolute atomic E-state index is 12.8. The first-order valence-corrected chi connectivity index (χ1v) is 11.7. The molecule has 2 aromatic rings. The van der Waals surface area contributed by atoms with E-state index in [1.165, 1.54) is 18.4 Å². The standard InChI is InChI=1S/C26H33N3O3/c1-19-12-14-29(15-13-19)18-20-8-10-21(11-9-20)25(30)28-24-7-3-2-6-23(24)26(31)27-17-22-5-4-16-32-22/h2-3,6-11,19,22H,4-5,12-18H2,1H3,(H,27,31)(H,28,30)/t22-/m0/s1. The van der Waals surface area contributed by atoms with Crippen LogP contribution in [-0.2, 0) is 11.3 Å². The molecule has 0 aromatic heterocycles. The van der Waals surface area contributed by atoms with Crippen molar-refractivity contribution in [1.82, 2.24) is 10.2 Å². The van der Waals surface area contributed by atoms with E-state index in [2.05, 4.69) is 22.5 Å². The number of piperidine rings is 1. The van der Waals surface area contributed by atoms with Gasteiger partial charge < -0.3 is 15.4 Å². The zero-order valence-electron chi connectivity index (χ0n) is 18.8. The molecule has 2 aliphatic rings. The van der Waals surface area contributed by atoms with E-state index >= 15 is 0 Å². The number of amides is 2. The van der Waals surface area contributed by atoms with Gasteiger partial charge in [-0.2, -0.15) is 0 Å². The SMILES string of the molecule is CC1CCN(Cc2ccc(C(=O)Nc3ccccc3C(=O)NC[C@@H]3CCCO3)cc2)CC1. The van der Waals surface area contributed by atoms with Crippen molar-refractivity contribution in [2.75, 3.05) is 31.6 Å². The number of carbonyl (C=O) groups is 2. The average Bonchev–Trinajstić information content (AvgIpc) is 3.33. The predicted molar refractivity (Wildman–Crippen MR) is 126 cm³/mol. The Morgan fingerprint density at radius 2 is 1.75 bits per heavy atom. The summed E-state index contributed by atoms with van der Waals surface area (Å²) >= 11 is 0. The lowest BCUT2D eigenvalue weighted by Gasteiger charge is -2.30. The van der Waals surface area contributed by atoms with Crippen molar-refractivity contribution >= 4 is 17.5 Å². The van der Waals surface area contributed by atoms with Crippen molar-refractivity contribution < 1.29 is 14.3 Å². The first-order valence-electron chi connectivity index (χ1n) is 11.7. The molecule has 170 valence electrons. The highest BCUT2D eigenvalue weighted by Crippen LogP contribution is 2.20. The van der Waals surface area contributed by atoms with Crippen LogP contribution in [0.25, 0.3) is 0 Å². The van der Waals surface area contributed by atoms with Crippen molar-refractivity contribution in [2.24, 2.45) is 5.92 Å². The molecule has 0 radical (unpaired) electrons. The lowest BCUT2D eigenvalue weighted by Crippen LogP contribution is -2.32. The minimum absolute atomic E-state index is 0.0764. The number of likely N-dealkylation sites (tertiary alicyclic amines) is 1. The summed E-state index contributed by atoms with van der Waals surface area (Å²) in [5.41, 5.74) is 2.75. The Labute approximate surface area is 190 Å². The second kappa shape index (κ2) is 10.7. The van der Waals surface area contributed by atoms with Crippen molar-refractivity contribution in [3.8, 4) is 0 Å². The Morgan fingerprint density at radius 1 is 1.00 bits per heavy atom. The Balaban J connectivity index is 1.34. The first kappa shape index (κ1) is 22.5.